The molecule has 0 aromatic heterocycles. The average molecular weight is 392 g/mol. The summed E-state index contributed by atoms with van der Waals surface area (Å²) in [5, 5.41) is 0.263. The molecule has 0 unspecified atom stereocenters. The molecule has 2 rings (SSSR count). The van der Waals surface area contributed by atoms with Crippen molar-refractivity contribution in [2.75, 3.05) is 0 Å². The van der Waals surface area contributed by atoms with Crippen LogP contribution in [-0.4, -0.2) is 5.78 Å². The molecule has 2 aromatic rings. The monoisotopic (exact) mass is 390 g/mol. The highest BCUT2D eigenvalue weighted by Crippen LogP contribution is 2.23. The Kier molecular flexibility index (Phi) is 4.20. The zero-order valence-corrected chi connectivity index (χ0v) is 12.8. The number of rotatable bonds is 2. The average Bonchev–Trinajstić information content (AvgIpc) is 2.26. The third-order valence-corrected chi connectivity index (χ3v) is 3.45. The Bertz CT molecular complexity index is 608. The van der Waals surface area contributed by atoms with Crippen molar-refractivity contribution in [1.82, 2.24) is 0 Å². The summed E-state index contributed by atoms with van der Waals surface area (Å²) in [5.74, 6) is -1.00. The van der Waals surface area contributed by atoms with E-state index in [4.69, 9.17) is 11.6 Å². The van der Waals surface area contributed by atoms with Crippen LogP contribution >= 0.6 is 43.5 Å². The highest BCUT2D eigenvalue weighted by atomic mass is 79.9. The van der Waals surface area contributed by atoms with Crippen molar-refractivity contribution in [3.63, 3.8) is 0 Å². The van der Waals surface area contributed by atoms with Crippen molar-refractivity contribution in [3.05, 3.63) is 67.3 Å². The summed E-state index contributed by atoms with van der Waals surface area (Å²) in [7, 11) is 0. The van der Waals surface area contributed by atoms with Crippen LogP contribution in [0.4, 0.5) is 4.39 Å². The molecule has 1 nitrogen and oxygen atoms in total. The van der Waals surface area contributed by atoms with E-state index >= 15 is 0 Å². The summed E-state index contributed by atoms with van der Waals surface area (Å²) in [5.41, 5.74) is 0.405. The van der Waals surface area contributed by atoms with Crippen molar-refractivity contribution in [1.29, 1.82) is 0 Å². The number of benzene rings is 2. The first-order chi connectivity index (χ1) is 8.47. The molecule has 0 aliphatic carbocycles. The molecule has 92 valence electrons. The lowest BCUT2D eigenvalue weighted by Gasteiger charge is -2.04. The number of carbonyl (C=O) groups is 1. The molecular weight excluding hydrogens is 386 g/mol. The summed E-state index contributed by atoms with van der Waals surface area (Å²) in [6, 6.07) is 9.08. The van der Waals surface area contributed by atoms with E-state index in [0.717, 1.165) is 15.0 Å². The molecule has 5 heteroatoms. The van der Waals surface area contributed by atoms with E-state index in [0.29, 0.717) is 5.56 Å². The van der Waals surface area contributed by atoms with Gasteiger partial charge >= 0.3 is 0 Å². The summed E-state index contributed by atoms with van der Waals surface area (Å²) >= 11 is 12.2. The molecule has 0 heterocycles. The lowest BCUT2D eigenvalue weighted by molar-refractivity contribution is 0.103. The normalized spacial score (nSPS) is 10.4. The van der Waals surface area contributed by atoms with Gasteiger partial charge in [0.05, 0.1) is 5.56 Å². The maximum Gasteiger partial charge on any atom is 0.196 e. The van der Waals surface area contributed by atoms with Crippen LogP contribution in [0.5, 0.6) is 0 Å². The van der Waals surface area contributed by atoms with Gasteiger partial charge in [-0.05, 0) is 36.4 Å². The maximum absolute atomic E-state index is 13.7. The highest BCUT2D eigenvalue weighted by Gasteiger charge is 2.15. The maximum atomic E-state index is 13.7. The molecule has 0 radical (unpaired) electrons. The smallest absolute Gasteiger partial charge is 0.196 e. The third kappa shape index (κ3) is 2.99. The Balaban J connectivity index is 2.47. The van der Waals surface area contributed by atoms with Crippen LogP contribution in [0.25, 0.3) is 0 Å². The standard InChI is InChI=1S/C13H6Br2ClFO/c14-8-3-7(4-9(15)5-8)13(18)11-2-1-10(16)6-12(11)17/h1-6H. The first-order valence-corrected chi connectivity index (χ1v) is 6.89. The zero-order chi connectivity index (χ0) is 13.3. The summed E-state index contributed by atoms with van der Waals surface area (Å²) in [6.07, 6.45) is 0. The minimum Gasteiger partial charge on any atom is -0.288 e. The lowest BCUT2D eigenvalue weighted by atomic mass is 10.0. The number of carbonyl (C=O) groups excluding carboxylic acids is 1. The Morgan fingerprint density at radius 1 is 1.06 bits per heavy atom. The Hall–Kier alpha value is -0.710. The van der Waals surface area contributed by atoms with Crippen LogP contribution < -0.4 is 0 Å². The van der Waals surface area contributed by atoms with Gasteiger partial charge in [0.1, 0.15) is 5.82 Å². The quantitative estimate of drug-likeness (QED) is 0.639. The second-order valence-corrected chi connectivity index (χ2v) is 5.88. The summed E-state index contributed by atoms with van der Waals surface area (Å²) in [4.78, 5) is 12.2. The van der Waals surface area contributed by atoms with Crippen molar-refractivity contribution in [2.24, 2.45) is 0 Å². The van der Waals surface area contributed by atoms with E-state index in [-0.39, 0.29) is 16.4 Å². The minimum absolute atomic E-state index is 0.00407. The molecule has 0 fully saturated rings. The van der Waals surface area contributed by atoms with Crippen LogP contribution in [0.3, 0.4) is 0 Å². The first kappa shape index (κ1) is 13.7. The first-order valence-electron chi connectivity index (χ1n) is 4.93. The second-order valence-electron chi connectivity index (χ2n) is 3.61. The molecule has 0 bridgehead atoms. The van der Waals surface area contributed by atoms with Gasteiger partial charge in [0, 0.05) is 19.5 Å². The van der Waals surface area contributed by atoms with E-state index in [1.165, 1.54) is 12.1 Å². The number of hydrogen-bond donors (Lipinski definition) is 0. The highest BCUT2D eigenvalue weighted by molar-refractivity contribution is 9.11. The lowest BCUT2D eigenvalue weighted by Crippen LogP contribution is -2.04. The van der Waals surface area contributed by atoms with Crippen molar-refractivity contribution >= 4 is 49.2 Å². The third-order valence-electron chi connectivity index (χ3n) is 2.30. The van der Waals surface area contributed by atoms with Crippen LogP contribution in [-0.2, 0) is 0 Å². The topological polar surface area (TPSA) is 17.1 Å². The SMILES string of the molecule is O=C(c1cc(Br)cc(Br)c1)c1ccc(Cl)cc1F. The van der Waals surface area contributed by atoms with Gasteiger partial charge in [0.2, 0.25) is 0 Å². The van der Waals surface area contributed by atoms with E-state index < -0.39 is 5.82 Å². The fourth-order valence-corrected chi connectivity index (χ4v) is 2.97. The minimum atomic E-state index is -0.622. The number of halogens is 4. The van der Waals surface area contributed by atoms with E-state index in [1.54, 1.807) is 18.2 Å². The van der Waals surface area contributed by atoms with E-state index in [2.05, 4.69) is 31.9 Å². The van der Waals surface area contributed by atoms with Crippen LogP contribution in [0.2, 0.25) is 5.02 Å². The molecule has 0 saturated carbocycles. The van der Waals surface area contributed by atoms with Crippen molar-refractivity contribution in [3.8, 4) is 0 Å². The molecule has 0 aliphatic rings. The molecule has 0 saturated heterocycles. The molecule has 0 atom stereocenters. The largest absolute Gasteiger partial charge is 0.288 e. The van der Waals surface area contributed by atoms with E-state index in [1.807, 2.05) is 0 Å². The Morgan fingerprint density at radius 3 is 2.22 bits per heavy atom. The van der Waals surface area contributed by atoms with Crippen molar-refractivity contribution < 1.29 is 9.18 Å². The van der Waals surface area contributed by atoms with Crippen LogP contribution in [0.1, 0.15) is 15.9 Å². The predicted molar refractivity (Wildman–Crippen MR) is 76.7 cm³/mol. The van der Waals surface area contributed by atoms with Gasteiger partial charge in [-0.2, -0.15) is 0 Å². The van der Waals surface area contributed by atoms with Gasteiger partial charge in [0.15, 0.2) is 5.78 Å². The fraction of sp³-hybridized carbons (Fsp3) is 0. The van der Waals surface area contributed by atoms with Crippen molar-refractivity contribution in [2.45, 2.75) is 0 Å². The van der Waals surface area contributed by atoms with Gasteiger partial charge < -0.3 is 0 Å². The fourth-order valence-electron chi connectivity index (χ4n) is 1.51. The molecule has 2 aromatic carbocycles. The second kappa shape index (κ2) is 5.51. The summed E-state index contributed by atoms with van der Waals surface area (Å²) in [6.45, 7) is 0. The Morgan fingerprint density at radius 2 is 1.67 bits per heavy atom. The summed E-state index contributed by atoms with van der Waals surface area (Å²) < 4.78 is 15.1. The molecule has 0 amide bonds. The van der Waals surface area contributed by atoms with Gasteiger partial charge in [-0.15, -0.1) is 0 Å². The molecule has 18 heavy (non-hydrogen) atoms. The zero-order valence-electron chi connectivity index (χ0n) is 8.88. The van der Waals surface area contributed by atoms with E-state index in [9.17, 15) is 9.18 Å². The van der Waals surface area contributed by atoms with Crippen LogP contribution in [0.15, 0.2) is 45.3 Å². The van der Waals surface area contributed by atoms with Gasteiger partial charge in [-0.1, -0.05) is 43.5 Å². The predicted octanol–water partition coefficient (Wildman–Crippen LogP) is 5.24. The molecule has 0 N–H and O–H groups in total. The number of ketones is 1. The van der Waals surface area contributed by atoms with Crippen LogP contribution in [0, 0.1) is 5.82 Å². The van der Waals surface area contributed by atoms with Gasteiger partial charge in [0.25, 0.3) is 0 Å². The molecule has 0 spiro atoms. The molecular formula is C13H6Br2ClFO. The molecule has 0 aliphatic heterocycles. The Labute approximate surface area is 125 Å². The van der Waals surface area contributed by atoms with Gasteiger partial charge in [-0.3, -0.25) is 4.79 Å². The van der Waals surface area contributed by atoms with Gasteiger partial charge in [-0.25, -0.2) is 4.39 Å². The number of hydrogen-bond acceptors (Lipinski definition) is 1.